The van der Waals surface area contributed by atoms with Crippen LogP contribution >= 0.6 is 11.6 Å². The lowest BCUT2D eigenvalue weighted by atomic mass is 10.0. The van der Waals surface area contributed by atoms with Crippen molar-refractivity contribution in [3.8, 4) is 0 Å². The Kier molecular flexibility index (Phi) is 5.85. The minimum absolute atomic E-state index is 0.0480. The van der Waals surface area contributed by atoms with Gasteiger partial charge in [-0.2, -0.15) is 0 Å². The first kappa shape index (κ1) is 18.9. The third-order valence-electron chi connectivity index (χ3n) is 5.03. The number of halogens is 1. The Morgan fingerprint density at radius 1 is 1.14 bits per heavy atom. The van der Waals surface area contributed by atoms with Crippen LogP contribution in [0.15, 0.2) is 59.7 Å². The molecule has 3 aromatic rings. The molecule has 1 aliphatic rings. The smallest absolute Gasteiger partial charge is 0.173 e. The zero-order valence-corrected chi connectivity index (χ0v) is 16.4. The molecule has 1 aliphatic heterocycles. The van der Waals surface area contributed by atoms with Crippen LogP contribution in [0.25, 0.3) is 0 Å². The summed E-state index contributed by atoms with van der Waals surface area (Å²) >= 11 is 6.12. The van der Waals surface area contributed by atoms with Crippen LogP contribution in [0.2, 0.25) is 5.02 Å². The van der Waals surface area contributed by atoms with Gasteiger partial charge in [-0.3, -0.25) is 9.80 Å². The highest BCUT2D eigenvalue weighted by molar-refractivity contribution is 6.30. The second-order valence-electron chi connectivity index (χ2n) is 6.85. The Morgan fingerprint density at radius 2 is 1.93 bits per heavy atom. The molecule has 146 valence electrons. The largest absolute Gasteiger partial charge is 0.467 e. The van der Waals surface area contributed by atoms with Crippen LogP contribution in [0.3, 0.4) is 0 Å². The predicted molar refractivity (Wildman–Crippen MR) is 107 cm³/mol. The van der Waals surface area contributed by atoms with Crippen LogP contribution in [0.4, 0.5) is 0 Å². The van der Waals surface area contributed by atoms with Crippen molar-refractivity contribution >= 4 is 11.6 Å². The molecule has 0 spiro atoms. The molecule has 0 amide bonds. The first-order chi connectivity index (χ1) is 13.7. The number of rotatable bonds is 7. The Balaban J connectivity index is 1.64. The van der Waals surface area contributed by atoms with Gasteiger partial charge in [0.05, 0.1) is 12.3 Å². The molecule has 1 aromatic carbocycles. The standard InChI is InChI=1S/C20H23ClN6O/c1-2-9-25-10-12-26(13-11-25)19(16-5-7-17(21)8-6-16)20-22-23-24-27(20)15-18-4-3-14-28-18/h2-8,14,19H,1,9-13,15H2. The van der Waals surface area contributed by atoms with Gasteiger partial charge in [0.25, 0.3) is 0 Å². The summed E-state index contributed by atoms with van der Waals surface area (Å²) in [7, 11) is 0. The van der Waals surface area contributed by atoms with Crippen molar-refractivity contribution in [2.45, 2.75) is 12.6 Å². The van der Waals surface area contributed by atoms with Gasteiger partial charge in [-0.05, 0) is 40.3 Å². The van der Waals surface area contributed by atoms with E-state index in [1.807, 2.05) is 35.0 Å². The first-order valence-electron chi connectivity index (χ1n) is 9.36. The lowest BCUT2D eigenvalue weighted by molar-refractivity contribution is 0.112. The van der Waals surface area contributed by atoms with E-state index in [2.05, 4.69) is 44.0 Å². The number of hydrogen-bond acceptors (Lipinski definition) is 6. The number of furan rings is 1. The van der Waals surface area contributed by atoms with Crippen LogP contribution in [0, 0.1) is 0 Å². The van der Waals surface area contributed by atoms with Crippen LogP contribution < -0.4 is 0 Å². The maximum atomic E-state index is 6.12. The predicted octanol–water partition coefficient (Wildman–Crippen LogP) is 2.86. The van der Waals surface area contributed by atoms with E-state index >= 15 is 0 Å². The van der Waals surface area contributed by atoms with E-state index in [-0.39, 0.29) is 6.04 Å². The highest BCUT2D eigenvalue weighted by atomic mass is 35.5. The zero-order chi connectivity index (χ0) is 19.3. The van der Waals surface area contributed by atoms with Crippen molar-refractivity contribution in [3.63, 3.8) is 0 Å². The van der Waals surface area contributed by atoms with Crippen molar-refractivity contribution in [1.82, 2.24) is 30.0 Å². The van der Waals surface area contributed by atoms with Crippen LogP contribution in [-0.2, 0) is 6.54 Å². The van der Waals surface area contributed by atoms with Crippen LogP contribution in [0.5, 0.6) is 0 Å². The van der Waals surface area contributed by atoms with E-state index in [1.54, 1.807) is 6.26 Å². The second kappa shape index (κ2) is 8.68. The minimum Gasteiger partial charge on any atom is -0.467 e. The molecule has 0 radical (unpaired) electrons. The Hall–Kier alpha value is -2.48. The van der Waals surface area contributed by atoms with Gasteiger partial charge in [-0.25, -0.2) is 4.68 Å². The molecular formula is C20H23ClN6O. The van der Waals surface area contributed by atoms with Gasteiger partial charge in [0.1, 0.15) is 12.3 Å². The summed E-state index contributed by atoms with van der Waals surface area (Å²) in [6.45, 7) is 9.07. The molecule has 0 aliphatic carbocycles. The fraction of sp³-hybridized carbons (Fsp3) is 0.350. The highest BCUT2D eigenvalue weighted by Gasteiger charge is 2.30. The second-order valence-corrected chi connectivity index (χ2v) is 7.29. The van der Waals surface area contributed by atoms with Gasteiger partial charge in [0.2, 0.25) is 0 Å². The van der Waals surface area contributed by atoms with Crippen molar-refractivity contribution in [2.24, 2.45) is 0 Å². The number of nitrogens with zero attached hydrogens (tertiary/aromatic N) is 6. The zero-order valence-electron chi connectivity index (χ0n) is 15.6. The van der Waals surface area contributed by atoms with E-state index in [0.717, 1.165) is 49.9 Å². The molecule has 1 unspecified atom stereocenters. The summed E-state index contributed by atoms with van der Waals surface area (Å²) in [6, 6.07) is 11.7. The van der Waals surface area contributed by atoms with Crippen LogP contribution in [0.1, 0.15) is 23.2 Å². The molecule has 8 heteroatoms. The molecule has 1 fully saturated rings. The van der Waals surface area contributed by atoms with Gasteiger partial charge >= 0.3 is 0 Å². The molecule has 0 N–H and O–H groups in total. The Morgan fingerprint density at radius 3 is 2.61 bits per heavy atom. The SMILES string of the molecule is C=CCN1CCN(C(c2ccc(Cl)cc2)c2nnnn2Cc2ccco2)CC1. The molecule has 1 saturated heterocycles. The number of tetrazole rings is 1. The lowest BCUT2D eigenvalue weighted by Crippen LogP contribution is -2.48. The summed E-state index contributed by atoms with van der Waals surface area (Å²) in [5, 5.41) is 13.3. The topological polar surface area (TPSA) is 63.2 Å². The third-order valence-corrected chi connectivity index (χ3v) is 5.29. The van der Waals surface area contributed by atoms with E-state index in [0.29, 0.717) is 11.6 Å². The van der Waals surface area contributed by atoms with E-state index in [4.69, 9.17) is 16.0 Å². The molecular weight excluding hydrogens is 376 g/mol. The van der Waals surface area contributed by atoms with Gasteiger partial charge < -0.3 is 4.42 Å². The molecule has 0 bridgehead atoms. The van der Waals surface area contributed by atoms with E-state index in [9.17, 15) is 0 Å². The quantitative estimate of drug-likeness (QED) is 0.570. The molecule has 0 saturated carbocycles. The minimum atomic E-state index is -0.0480. The van der Waals surface area contributed by atoms with Crippen LogP contribution in [-0.4, -0.2) is 62.7 Å². The van der Waals surface area contributed by atoms with Gasteiger partial charge in [0, 0.05) is 37.7 Å². The summed E-state index contributed by atoms with van der Waals surface area (Å²) in [6.07, 6.45) is 3.62. The fourth-order valence-electron chi connectivity index (χ4n) is 3.63. The summed E-state index contributed by atoms with van der Waals surface area (Å²) < 4.78 is 7.30. The Labute approximate surface area is 169 Å². The summed E-state index contributed by atoms with van der Waals surface area (Å²) in [4.78, 5) is 4.82. The van der Waals surface area contributed by atoms with E-state index < -0.39 is 0 Å². The first-order valence-corrected chi connectivity index (χ1v) is 9.73. The Bertz CT molecular complexity index is 884. The molecule has 4 rings (SSSR count). The fourth-order valence-corrected chi connectivity index (χ4v) is 3.75. The monoisotopic (exact) mass is 398 g/mol. The number of aromatic nitrogens is 4. The summed E-state index contributed by atoms with van der Waals surface area (Å²) in [5.74, 6) is 1.62. The van der Waals surface area contributed by atoms with Gasteiger partial charge in [0.15, 0.2) is 5.82 Å². The van der Waals surface area contributed by atoms with E-state index in [1.165, 1.54) is 0 Å². The van der Waals surface area contributed by atoms with Crippen molar-refractivity contribution in [3.05, 3.63) is 77.5 Å². The molecule has 7 nitrogen and oxygen atoms in total. The normalized spacial score (nSPS) is 16.9. The number of benzene rings is 1. The molecule has 2 aromatic heterocycles. The lowest BCUT2D eigenvalue weighted by Gasteiger charge is -2.38. The molecule has 28 heavy (non-hydrogen) atoms. The maximum absolute atomic E-state index is 6.12. The van der Waals surface area contributed by atoms with Crippen molar-refractivity contribution < 1.29 is 4.42 Å². The van der Waals surface area contributed by atoms with Gasteiger partial charge in [-0.1, -0.05) is 29.8 Å². The van der Waals surface area contributed by atoms with Crippen molar-refractivity contribution in [2.75, 3.05) is 32.7 Å². The summed E-state index contributed by atoms with van der Waals surface area (Å²) in [5.41, 5.74) is 1.12. The number of piperazine rings is 1. The van der Waals surface area contributed by atoms with Crippen molar-refractivity contribution in [1.29, 1.82) is 0 Å². The molecule has 1 atom stereocenters. The average Bonchev–Trinajstić information content (AvgIpc) is 3.38. The van der Waals surface area contributed by atoms with Gasteiger partial charge in [-0.15, -0.1) is 11.7 Å². The highest BCUT2D eigenvalue weighted by Crippen LogP contribution is 2.29. The third kappa shape index (κ3) is 4.16. The number of hydrogen-bond donors (Lipinski definition) is 0. The average molecular weight is 399 g/mol. The maximum Gasteiger partial charge on any atom is 0.173 e. The molecule has 3 heterocycles.